The zero-order valence-electron chi connectivity index (χ0n) is 15.1. The van der Waals surface area contributed by atoms with Gasteiger partial charge in [-0.1, -0.05) is 29.8 Å². The SMILES string of the molecule is COCCOc1ccc(CNS(=O)(=O)c2c(C)cc(C)cc2C)cc1. The third kappa shape index (κ3) is 5.29. The molecule has 5 nitrogen and oxygen atoms in total. The summed E-state index contributed by atoms with van der Waals surface area (Å²) in [4.78, 5) is 0.359. The van der Waals surface area contributed by atoms with E-state index in [0.29, 0.717) is 18.1 Å². The molecule has 0 aromatic heterocycles. The van der Waals surface area contributed by atoms with Crippen LogP contribution in [0.2, 0.25) is 0 Å². The first-order chi connectivity index (χ1) is 11.8. The molecule has 0 radical (unpaired) electrons. The summed E-state index contributed by atoms with van der Waals surface area (Å²) in [5.41, 5.74) is 3.43. The molecule has 0 aliphatic carbocycles. The minimum atomic E-state index is -3.56. The molecule has 0 bridgehead atoms. The van der Waals surface area contributed by atoms with Crippen molar-refractivity contribution in [2.24, 2.45) is 0 Å². The number of benzene rings is 2. The van der Waals surface area contributed by atoms with Gasteiger partial charge in [-0.25, -0.2) is 13.1 Å². The van der Waals surface area contributed by atoms with Crippen LogP contribution in [0.1, 0.15) is 22.3 Å². The smallest absolute Gasteiger partial charge is 0.241 e. The summed E-state index contributed by atoms with van der Waals surface area (Å²) < 4.78 is 38.4. The number of rotatable bonds is 8. The van der Waals surface area contributed by atoms with Gasteiger partial charge in [0.1, 0.15) is 12.4 Å². The molecule has 0 heterocycles. The predicted molar refractivity (Wildman–Crippen MR) is 98.5 cm³/mol. The molecule has 2 aromatic rings. The molecule has 25 heavy (non-hydrogen) atoms. The van der Waals surface area contributed by atoms with Crippen LogP contribution in [0.4, 0.5) is 0 Å². The van der Waals surface area contributed by atoms with Gasteiger partial charge in [-0.2, -0.15) is 0 Å². The molecule has 0 saturated heterocycles. The number of hydrogen-bond donors (Lipinski definition) is 1. The van der Waals surface area contributed by atoms with Gasteiger partial charge < -0.3 is 9.47 Å². The zero-order valence-corrected chi connectivity index (χ0v) is 15.9. The van der Waals surface area contributed by atoms with Crippen molar-refractivity contribution in [2.75, 3.05) is 20.3 Å². The van der Waals surface area contributed by atoms with Crippen molar-refractivity contribution in [2.45, 2.75) is 32.2 Å². The van der Waals surface area contributed by atoms with Gasteiger partial charge in [0, 0.05) is 13.7 Å². The van der Waals surface area contributed by atoms with Crippen LogP contribution in [0.25, 0.3) is 0 Å². The minimum Gasteiger partial charge on any atom is -0.491 e. The highest BCUT2D eigenvalue weighted by Gasteiger charge is 2.19. The Balaban J connectivity index is 2.05. The lowest BCUT2D eigenvalue weighted by Crippen LogP contribution is -2.25. The van der Waals surface area contributed by atoms with Crippen LogP contribution in [0, 0.1) is 20.8 Å². The fourth-order valence-electron chi connectivity index (χ4n) is 2.79. The molecule has 6 heteroatoms. The molecule has 0 fully saturated rings. The Morgan fingerprint density at radius 3 is 2.12 bits per heavy atom. The summed E-state index contributed by atoms with van der Waals surface area (Å²) in [5.74, 6) is 0.730. The average Bonchev–Trinajstić information content (AvgIpc) is 2.53. The van der Waals surface area contributed by atoms with Gasteiger partial charge in [-0.15, -0.1) is 0 Å². The van der Waals surface area contributed by atoms with Crippen LogP contribution in [0.5, 0.6) is 5.75 Å². The van der Waals surface area contributed by atoms with E-state index in [2.05, 4.69) is 4.72 Å². The fraction of sp³-hybridized carbons (Fsp3) is 0.368. The van der Waals surface area contributed by atoms with Gasteiger partial charge in [0.25, 0.3) is 0 Å². The highest BCUT2D eigenvalue weighted by atomic mass is 32.2. The van der Waals surface area contributed by atoms with Crippen LogP contribution < -0.4 is 9.46 Å². The Labute approximate surface area is 150 Å². The zero-order chi connectivity index (χ0) is 18.4. The predicted octanol–water partition coefficient (Wildman–Crippen LogP) is 3.12. The molecule has 2 aromatic carbocycles. The van der Waals surface area contributed by atoms with E-state index in [0.717, 1.165) is 28.0 Å². The number of ether oxygens (including phenoxy) is 2. The van der Waals surface area contributed by atoms with Crippen molar-refractivity contribution in [1.82, 2.24) is 4.72 Å². The van der Waals surface area contributed by atoms with E-state index >= 15 is 0 Å². The average molecular weight is 363 g/mol. The molecule has 0 atom stereocenters. The molecule has 1 N–H and O–H groups in total. The van der Waals surface area contributed by atoms with E-state index in [1.165, 1.54) is 0 Å². The van der Waals surface area contributed by atoms with Gasteiger partial charge in [0.2, 0.25) is 10.0 Å². The lowest BCUT2D eigenvalue weighted by atomic mass is 10.1. The van der Waals surface area contributed by atoms with Crippen LogP contribution in [-0.2, 0) is 21.3 Å². The molecule has 0 aliphatic heterocycles. The Morgan fingerprint density at radius 1 is 0.960 bits per heavy atom. The first-order valence-electron chi connectivity index (χ1n) is 8.11. The van der Waals surface area contributed by atoms with Gasteiger partial charge in [0.15, 0.2) is 0 Å². The summed E-state index contributed by atoms with van der Waals surface area (Å²) in [5, 5.41) is 0. The lowest BCUT2D eigenvalue weighted by molar-refractivity contribution is 0.146. The maximum absolute atomic E-state index is 12.7. The van der Waals surface area contributed by atoms with E-state index < -0.39 is 10.0 Å². The van der Waals surface area contributed by atoms with Crippen LogP contribution in [-0.4, -0.2) is 28.7 Å². The largest absolute Gasteiger partial charge is 0.491 e. The van der Waals surface area contributed by atoms with Gasteiger partial charge in [0.05, 0.1) is 11.5 Å². The van der Waals surface area contributed by atoms with Crippen molar-refractivity contribution < 1.29 is 17.9 Å². The number of methoxy groups -OCH3 is 1. The Hall–Kier alpha value is -1.89. The van der Waals surface area contributed by atoms with E-state index in [1.54, 1.807) is 7.11 Å². The van der Waals surface area contributed by atoms with Gasteiger partial charge in [-0.3, -0.25) is 0 Å². The second kappa shape index (κ2) is 8.47. The molecule has 2 rings (SSSR count). The van der Waals surface area contributed by atoms with Crippen molar-refractivity contribution in [1.29, 1.82) is 0 Å². The second-order valence-corrected chi connectivity index (χ2v) is 7.74. The molecule has 0 amide bonds. The maximum Gasteiger partial charge on any atom is 0.241 e. The monoisotopic (exact) mass is 363 g/mol. The number of hydrogen-bond acceptors (Lipinski definition) is 4. The van der Waals surface area contributed by atoms with Crippen LogP contribution in [0.15, 0.2) is 41.3 Å². The topological polar surface area (TPSA) is 64.6 Å². The first kappa shape index (κ1) is 19.4. The Kier molecular flexibility index (Phi) is 6.58. The number of aryl methyl sites for hydroxylation is 3. The van der Waals surface area contributed by atoms with E-state index in [4.69, 9.17) is 9.47 Å². The Bertz CT molecular complexity index is 791. The van der Waals surface area contributed by atoms with Gasteiger partial charge in [-0.05, 0) is 49.6 Å². The molecule has 0 spiro atoms. The van der Waals surface area contributed by atoms with Crippen LogP contribution in [0.3, 0.4) is 0 Å². The quantitative estimate of drug-likeness (QED) is 0.732. The van der Waals surface area contributed by atoms with Gasteiger partial charge >= 0.3 is 0 Å². The number of sulfonamides is 1. The molecule has 0 saturated carbocycles. The first-order valence-corrected chi connectivity index (χ1v) is 9.60. The molecular formula is C19H25NO4S. The molecule has 0 unspecified atom stereocenters. The van der Waals surface area contributed by atoms with E-state index in [-0.39, 0.29) is 6.54 Å². The summed E-state index contributed by atoms with van der Waals surface area (Å²) >= 11 is 0. The molecule has 136 valence electrons. The third-order valence-corrected chi connectivity index (χ3v) is 5.53. The highest BCUT2D eigenvalue weighted by molar-refractivity contribution is 7.89. The van der Waals surface area contributed by atoms with E-state index in [9.17, 15) is 8.42 Å². The van der Waals surface area contributed by atoms with E-state index in [1.807, 2.05) is 57.2 Å². The third-order valence-electron chi connectivity index (χ3n) is 3.82. The standard InChI is InChI=1S/C19H25NO4S/c1-14-11-15(2)19(16(3)12-14)25(21,22)20-13-17-5-7-18(8-6-17)24-10-9-23-4/h5-8,11-12,20H,9-10,13H2,1-4H3. The normalized spacial score (nSPS) is 11.5. The fourth-order valence-corrected chi connectivity index (χ4v) is 4.25. The van der Waals surface area contributed by atoms with Crippen molar-refractivity contribution >= 4 is 10.0 Å². The molecular weight excluding hydrogens is 338 g/mol. The summed E-state index contributed by atoms with van der Waals surface area (Å²) in [6, 6.07) is 11.1. The van der Waals surface area contributed by atoms with Crippen molar-refractivity contribution in [3.8, 4) is 5.75 Å². The van der Waals surface area contributed by atoms with Crippen LogP contribution >= 0.6 is 0 Å². The molecule has 0 aliphatic rings. The number of nitrogens with one attached hydrogen (secondary N) is 1. The maximum atomic E-state index is 12.7. The summed E-state index contributed by atoms with van der Waals surface area (Å²) in [7, 11) is -1.94. The summed E-state index contributed by atoms with van der Waals surface area (Å²) in [6.07, 6.45) is 0. The minimum absolute atomic E-state index is 0.230. The second-order valence-electron chi connectivity index (χ2n) is 6.04. The Morgan fingerprint density at radius 2 is 1.56 bits per heavy atom. The highest BCUT2D eigenvalue weighted by Crippen LogP contribution is 2.22. The van der Waals surface area contributed by atoms with Crippen molar-refractivity contribution in [3.05, 3.63) is 58.7 Å². The lowest BCUT2D eigenvalue weighted by Gasteiger charge is -2.13. The summed E-state index contributed by atoms with van der Waals surface area (Å²) in [6.45, 7) is 6.83. The van der Waals surface area contributed by atoms with Crippen molar-refractivity contribution in [3.63, 3.8) is 0 Å².